The molecule has 1 atom stereocenters. The molecule has 0 aliphatic rings. The number of hydrogen-bond donors (Lipinski definition) is 1. The predicted octanol–water partition coefficient (Wildman–Crippen LogP) is 4.87. The van der Waals surface area contributed by atoms with Gasteiger partial charge < -0.3 is 15.0 Å². The average Bonchev–Trinajstić information content (AvgIpc) is 2.82. The molecule has 2 amide bonds. The number of nitrogens with zero attached hydrogens (tertiary/aromatic N) is 1. The third-order valence-corrected chi connectivity index (χ3v) is 5.89. The van der Waals surface area contributed by atoms with E-state index in [0.29, 0.717) is 17.2 Å². The third-order valence-electron chi connectivity index (χ3n) is 4.99. The molecule has 0 saturated carbocycles. The van der Waals surface area contributed by atoms with Crippen LogP contribution < -0.4 is 10.1 Å². The summed E-state index contributed by atoms with van der Waals surface area (Å²) < 4.78 is 6.62. The fraction of sp³-hybridized carbons (Fsp3) is 0.200. The van der Waals surface area contributed by atoms with Gasteiger partial charge in [0.25, 0.3) is 5.91 Å². The number of rotatable bonds is 9. The van der Waals surface area contributed by atoms with E-state index in [9.17, 15) is 9.59 Å². The maximum absolute atomic E-state index is 13.3. The molecular weight excluding hydrogens is 492 g/mol. The second-order valence-corrected chi connectivity index (χ2v) is 8.50. The third kappa shape index (κ3) is 6.58. The smallest absolute Gasteiger partial charge is 0.261 e. The first kappa shape index (κ1) is 23.8. The summed E-state index contributed by atoms with van der Waals surface area (Å²) in [6.07, 6.45) is 0.370. The van der Waals surface area contributed by atoms with Crippen LogP contribution in [0.5, 0.6) is 5.75 Å². The molecule has 1 N–H and O–H groups in total. The molecule has 0 fully saturated rings. The highest BCUT2D eigenvalue weighted by Crippen LogP contribution is 2.21. The van der Waals surface area contributed by atoms with Crippen LogP contribution in [0, 0.1) is 0 Å². The Bertz CT molecular complexity index is 1040. The van der Waals surface area contributed by atoms with Crippen LogP contribution in [0.25, 0.3) is 0 Å². The molecule has 3 aromatic rings. The minimum absolute atomic E-state index is 0.188. The summed E-state index contributed by atoms with van der Waals surface area (Å²) in [7, 11) is 1.57. The van der Waals surface area contributed by atoms with Gasteiger partial charge in [-0.3, -0.25) is 9.59 Å². The number of halogens is 2. The number of ether oxygens (including phenoxy) is 1. The fourth-order valence-corrected chi connectivity index (χ4v) is 3.75. The zero-order chi connectivity index (χ0) is 22.9. The molecule has 0 spiro atoms. The molecule has 0 saturated heterocycles. The Kier molecular flexibility index (Phi) is 8.71. The zero-order valence-electron chi connectivity index (χ0n) is 17.6. The van der Waals surface area contributed by atoms with Crippen molar-refractivity contribution in [3.63, 3.8) is 0 Å². The summed E-state index contributed by atoms with van der Waals surface area (Å²) in [6.45, 7) is -0.0124. The van der Waals surface area contributed by atoms with Gasteiger partial charge in [0.1, 0.15) is 11.8 Å². The van der Waals surface area contributed by atoms with Crippen LogP contribution in [0.1, 0.15) is 11.1 Å². The van der Waals surface area contributed by atoms with Crippen molar-refractivity contribution in [2.45, 2.75) is 19.0 Å². The standard InChI is InChI=1S/C25H24BrClN2O3/c1-28-25(31)23(15-18-7-3-2-4-8-18)29(16-19-9-5-6-10-22(19)27)24(30)17-32-21-13-11-20(26)12-14-21/h2-14,23H,15-17H2,1H3,(H,28,31)/t23-/m0/s1. The monoisotopic (exact) mass is 514 g/mol. The molecule has 166 valence electrons. The van der Waals surface area contributed by atoms with Gasteiger partial charge in [0.2, 0.25) is 5.91 Å². The number of amides is 2. The number of likely N-dealkylation sites (N-methyl/N-ethyl adjacent to an activating group) is 1. The van der Waals surface area contributed by atoms with Gasteiger partial charge in [0.15, 0.2) is 6.61 Å². The van der Waals surface area contributed by atoms with Crippen molar-refractivity contribution in [1.82, 2.24) is 10.2 Å². The second-order valence-electron chi connectivity index (χ2n) is 7.18. The molecule has 0 aliphatic heterocycles. The lowest BCUT2D eigenvalue weighted by atomic mass is 10.0. The van der Waals surface area contributed by atoms with Crippen LogP contribution in [0.4, 0.5) is 0 Å². The number of carbonyl (C=O) groups is 2. The topological polar surface area (TPSA) is 58.6 Å². The highest BCUT2D eigenvalue weighted by atomic mass is 79.9. The molecule has 5 nitrogen and oxygen atoms in total. The Morgan fingerprint density at radius 1 is 1.00 bits per heavy atom. The largest absolute Gasteiger partial charge is 0.484 e. The summed E-state index contributed by atoms with van der Waals surface area (Å²) >= 11 is 9.74. The first-order chi connectivity index (χ1) is 15.5. The highest BCUT2D eigenvalue weighted by Gasteiger charge is 2.30. The van der Waals surface area contributed by atoms with Gasteiger partial charge in [-0.1, -0.05) is 76.1 Å². The molecule has 3 rings (SSSR count). The normalized spacial score (nSPS) is 11.5. The van der Waals surface area contributed by atoms with Crippen molar-refractivity contribution in [3.8, 4) is 5.75 Å². The fourth-order valence-electron chi connectivity index (χ4n) is 3.29. The van der Waals surface area contributed by atoms with Crippen LogP contribution in [-0.4, -0.2) is 36.4 Å². The van der Waals surface area contributed by atoms with E-state index >= 15 is 0 Å². The van der Waals surface area contributed by atoms with Crippen molar-refractivity contribution in [1.29, 1.82) is 0 Å². The quantitative estimate of drug-likeness (QED) is 0.442. The van der Waals surface area contributed by atoms with E-state index in [1.54, 1.807) is 25.2 Å². The minimum Gasteiger partial charge on any atom is -0.484 e. The second kappa shape index (κ2) is 11.7. The van der Waals surface area contributed by atoms with Crippen molar-refractivity contribution in [3.05, 3.63) is 99.5 Å². The van der Waals surface area contributed by atoms with Gasteiger partial charge in [0, 0.05) is 29.5 Å². The Morgan fingerprint density at radius 3 is 2.31 bits per heavy atom. The summed E-state index contributed by atoms with van der Waals surface area (Å²) in [5.74, 6) is 0.00839. The molecule has 0 aliphatic carbocycles. The maximum atomic E-state index is 13.3. The highest BCUT2D eigenvalue weighted by molar-refractivity contribution is 9.10. The lowest BCUT2D eigenvalue weighted by Crippen LogP contribution is -2.51. The van der Waals surface area contributed by atoms with Crippen LogP contribution >= 0.6 is 27.5 Å². The van der Waals surface area contributed by atoms with Gasteiger partial charge >= 0.3 is 0 Å². The summed E-state index contributed by atoms with van der Waals surface area (Å²) in [5, 5.41) is 3.23. The van der Waals surface area contributed by atoms with E-state index < -0.39 is 6.04 Å². The van der Waals surface area contributed by atoms with E-state index in [0.717, 1.165) is 15.6 Å². The van der Waals surface area contributed by atoms with E-state index in [1.807, 2.05) is 60.7 Å². The average molecular weight is 516 g/mol. The van der Waals surface area contributed by atoms with Crippen molar-refractivity contribution < 1.29 is 14.3 Å². The van der Waals surface area contributed by atoms with Crippen LogP contribution in [-0.2, 0) is 22.6 Å². The van der Waals surface area contributed by atoms with Crippen LogP contribution in [0.2, 0.25) is 5.02 Å². The molecular formula is C25H24BrClN2O3. The number of carbonyl (C=O) groups excluding carboxylic acids is 2. The molecule has 7 heteroatoms. The number of benzene rings is 3. The molecule has 0 radical (unpaired) electrons. The van der Waals surface area contributed by atoms with Crippen LogP contribution in [0.3, 0.4) is 0 Å². The molecule has 0 aromatic heterocycles. The van der Waals surface area contributed by atoms with E-state index in [4.69, 9.17) is 16.3 Å². The van der Waals surface area contributed by atoms with Crippen molar-refractivity contribution in [2.24, 2.45) is 0 Å². The van der Waals surface area contributed by atoms with Gasteiger partial charge in [-0.05, 0) is 41.5 Å². The Balaban J connectivity index is 1.87. The Morgan fingerprint density at radius 2 is 1.66 bits per heavy atom. The maximum Gasteiger partial charge on any atom is 0.261 e. The molecule has 3 aromatic carbocycles. The van der Waals surface area contributed by atoms with E-state index in [2.05, 4.69) is 21.2 Å². The zero-order valence-corrected chi connectivity index (χ0v) is 20.0. The van der Waals surface area contributed by atoms with E-state index in [-0.39, 0.29) is 25.0 Å². The first-order valence-electron chi connectivity index (χ1n) is 10.1. The SMILES string of the molecule is CNC(=O)[C@H](Cc1ccccc1)N(Cc1ccccc1Cl)C(=O)COc1ccc(Br)cc1. The Labute approximate surface area is 201 Å². The molecule has 32 heavy (non-hydrogen) atoms. The van der Waals surface area contributed by atoms with Crippen molar-refractivity contribution >= 4 is 39.3 Å². The predicted molar refractivity (Wildman–Crippen MR) is 130 cm³/mol. The van der Waals surface area contributed by atoms with E-state index in [1.165, 1.54) is 4.90 Å². The number of nitrogens with one attached hydrogen (secondary N) is 1. The summed E-state index contributed by atoms with van der Waals surface area (Å²) in [6, 6.07) is 23.4. The summed E-state index contributed by atoms with van der Waals surface area (Å²) in [5.41, 5.74) is 1.71. The van der Waals surface area contributed by atoms with Crippen LogP contribution in [0.15, 0.2) is 83.3 Å². The summed E-state index contributed by atoms with van der Waals surface area (Å²) in [4.78, 5) is 27.7. The van der Waals surface area contributed by atoms with Gasteiger partial charge in [-0.2, -0.15) is 0 Å². The Hall–Kier alpha value is -2.83. The number of hydrogen-bond acceptors (Lipinski definition) is 3. The van der Waals surface area contributed by atoms with Gasteiger partial charge in [-0.25, -0.2) is 0 Å². The minimum atomic E-state index is -0.723. The molecule has 0 heterocycles. The van der Waals surface area contributed by atoms with Gasteiger partial charge in [-0.15, -0.1) is 0 Å². The molecule has 0 bridgehead atoms. The lowest BCUT2D eigenvalue weighted by Gasteiger charge is -2.31. The molecule has 0 unspecified atom stereocenters. The first-order valence-corrected chi connectivity index (χ1v) is 11.3. The van der Waals surface area contributed by atoms with Gasteiger partial charge in [0.05, 0.1) is 0 Å². The van der Waals surface area contributed by atoms with Crippen molar-refractivity contribution in [2.75, 3.05) is 13.7 Å². The lowest BCUT2D eigenvalue weighted by molar-refractivity contribution is -0.142.